The zero-order chi connectivity index (χ0) is 16.9. The molecule has 0 saturated carbocycles. The lowest BCUT2D eigenvalue weighted by Crippen LogP contribution is -2.26. The first-order chi connectivity index (χ1) is 11.6. The molecule has 0 unspecified atom stereocenters. The van der Waals surface area contributed by atoms with Gasteiger partial charge in [0.2, 0.25) is 0 Å². The summed E-state index contributed by atoms with van der Waals surface area (Å²) in [6, 6.07) is 4.36. The van der Waals surface area contributed by atoms with E-state index in [9.17, 15) is 0 Å². The molecule has 130 valence electrons. The quantitative estimate of drug-likeness (QED) is 0.865. The van der Waals surface area contributed by atoms with Gasteiger partial charge < -0.3 is 11.1 Å². The largest absolute Gasteiger partial charge is 0.384 e. The smallest absolute Gasteiger partial charge is 0.123 e. The Morgan fingerprint density at radius 3 is 2.92 bits per heavy atom. The van der Waals surface area contributed by atoms with Gasteiger partial charge in [0.05, 0.1) is 22.6 Å². The molecule has 0 radical (unpaired) electrons. The highest BCUT2D eigenvalue weighted by Gasteiger charge is 2.18. The second-order valence-corrected chi connectivity index (χ2v) is 7.74. The fourth-order valence-electron chi connectivity index (χ4n) is 3.07. The van der Waals surface area contributed by atoms with E-state index >= 15 is 0 Å². The molecule has 0 bridgehead atoms. The van der Waals surface area contributed by atoms with E-state index in [1.54, 1.807) is 11.3 Å². The van der Waals surface area contributed by atoms with Gasteiger partial charge in [-0.2, -0.15) is 0 Å². The van der Waals surface area contributed by atoms with Gasteiger partial charge in [0, 0.05) is 30.4 Å². The number of nitrogens with zero attached hydrogens (tertiary/aromatic N) is 3. The SMILES string of the molecule is CC(C)c1nc(CN2CCC[C@H](Nc3ccc(N)nc3)CC2)cs1. The molecule has 3 rings (SSSR count). The molecule has 1 atom stereocenters. The van der Waals surface area contributed by atoms with Crippen LogP contribution in [0, 0.1) is 0 Å². The van der Waals surface area contributed by atoms with E-state index in [1.807, 2.05) is 18.3 Å². The second kappa shape index (κ2) is 7.94. The summed E-state index contributed by atoms with van der Waals surface area (Å²) in [5.41, 5.74) is 7.93. The number of nitrogen functional groups attached to an aromatic ring is 1. The molecule has 5 nitrogen and oxygen atoms in total. The molecule has 0 spiro atoms. The van der Waals surface area contributed by atoms with Gasteiger partial charge in [-0.3, -0.25) is 4.90 Å². The normalized spacial score (nSPS) is 19.4. The second-order valence-electron chi connectivity index (χ2n) is 6.85. The molecule has 24 heavy (non-hydrogen) atoms. The predicted molar refractivity (Wildman–Crippen MR) is 101 cm³/mol. The van der Waals surface area contributed by atoms with E-state index < -0.39 is 0 Å². The van der Waals surface area contributed by atoms with E-state index in [0.29, 0.717) is 17.8 Å². The minimum atomic E-state index is 0.502. The third-order valence-corrected chi connectivity index (χ3v) is 5.62. The lowest BCUT2D eigenvalue weighted by Gasteiger charge is -2.20. The predicted octanol–water partition coefficient (Wildman–Crippen LogP) is 3.71. The van der Waals surface area contributed by atoms with Gasteiger partial charge in [0.1, 0.15) is 5.82 Å². The van der Waals surface area contributed by atoms with Crippen molar-refractivity contribution in [3.8, 4) is 0 Å². The molecule has 1 saturated heterocycles. The number of hydrogen-bond donors (Lipinski definition) is 2. The van der Waals surface area contributed by atoms with Crippen LogP contribution in [0.5, 0.6) is 0 Å². The Bertz CT molecular complexity index is 637. The number of nitrogens with one attached hydrogen (secondary N) is 1. The Balaban J connectivity index is 1.51. The van der Waals surface area contributed by atoms with Gasteiger partial charge in [0.25, 0.3) is 0 Å². The third kappa shape index (κ3) is 4.68. The highest BCUT2D eigenvalue weighted by Crippen LogP contribution is 2.22. The van der Waals surface area contributed by atoms with Gasteiger partial charge in [-0.15, -0.1) is 11.3 Å². The highest BCUT2D eigenvalue weighted by molar-refractivity contribution is 7.09. The lowest BCUT2D eigenvalue weighted by atomic mass is 10.1. The van der Waals surface area contributed by atoms with Crippen LogP contribution in [0.25, 0.3) is 0 Å². The van der Waals surface area contributed by atoms with Crippen molar-refractivity contribution in [3.63, 3.8) is 0 Å². The number of anilines is 2. The number of rotatable bonds is 5. The summed E-state index contributed by atoms with van der Waals surface area (Å²) < 4.78 is 0. The summed E-state index contributed by atoms with van der Waals surface area (Å²) >= 11 is 1.79. The first-order valence-corrected chi connectivity index (χ1v) is 9.63. The summed E-state index contributed by atoms with van der Waals surface area (Å²) in [6.45, 7) is 7.63. The minimum Gasteiger partial charge on any atom is -0.384 e. The first kappa shape index (κ1) is 17.2. The molecular formula is C18H27N5S. The molecule has 1 aliphatic rings. The van der Waals surface area contributed by atoms with Crippen molar-refractivity contribution in [2.75, 3.05) is 24.1 Å². The summed E-state index contributed by atoms with van der Waals surface area (Å²) in [4.78, 5) is 11.5. The maximum Gasteiger partial charge on any atom is 0.123 e. The van der Waals surface area contributed by atoms with Crippen molar-refractivity contribution in [1.82, 2.24) is 14.9 Å². The topological polar surface area (TPSA) is 67.1 Å². The molecule has 1 fully saturated rings. The van der Waals surface area contributed by atoms with E-state index in [4.69, 9.17) is 10.7 Å². The molecule has 0 aliphatic carbocycles. The van der Waals surface area contributed by atoms with Crippen LogP contribution >= 0.6 is 11.3 Å². The Hall–Kier alpha value is -1.66. The Morgan fingerprint density at radius 2 is 2.21 bits per heavy atom. The summed E-state index contributed by atoms with van der Waals surface area (Å²) in [7, 11) is 0. The molecule has 6 heteroatoms. The molecule has 0 aromatic carbocycles. The Morgan fingerprint density at radius 1 is 1.33 bits per heavy atom. The molecule has 2 aromatic rings. The van der Waals surface area contributed by atoms with Crippen LogP contribution in [0.4, 0.5) is 11.5 Å². The average Bonchev–Trinajstić information content (AvgIpc) is 2.92. The molecule has 3 N–H and O–H groups in total. The maximum atomic E-state index is 5.65. The van der Waals surface area contributed by atoms with Crippen LogP contribution in [-0.2, 0) is 6.54 Å². The first-order valence-electron chi connectivity index (χ1n) is 8.75. The van der Waals surface area contributed by atoms with Crippen LogP contribution in [0.2, 0.25) is 0 Å². The average molecular weight is 346 g/mol. The fraction of sp³-hybridized carbons (Fsp3) is 0.556. The molecule has 1 aliphatic heterocycles. The van der Waals surface area contributed by atoms with Crippen LogP contribution in [0.3, 0.4) is 0 Å². The van der Waals surface area contributed by atoms with Crippen molar-refractivity contribution in [1.29, 1.82) is 0 Å². The molecular weight excluding hydrogens is 318 g/mol. The van der Waals surface area contributed by atoms with Crippen LogP contribution < -0.4 is 11.1 Å². The number of hydrogen-bond acceptors (Lipinski definition) is 6. The zero-order valence-electron chi connectivity index (χ0n) is 14.5. The molecule has 0 amide bonds. The third-order valence-electron chi connectivity index (χ3n) is 4.43. The van der Waals surface area contributed by atoms with Gasteiger partial charge >= 0.3 is 0 Å². The number of likely N-dealkylation sites (tertiary alicyclic amines) is 1. The van der Waals surface area contributed by atoms with Crippen LogP contribution in [0.15, 0.2) is 23.7 Å². The van der Waals surface area contributed by atoms with Crippen molar-refractivity contribution in [2.24, 2.45) is 0 Å². The lowest BCUT2D eigenvalue weighted by molar-refractivity contribution is 0.273. The van der Waals surface area contributed by atoms with Crippen molar-refractivity contribution < 1.29 is 0 Å². The van der Waals surface area contributed by atoms with E-state index in [0.717, 1.165) is 31.7 Å². The van der Waals surface area contributed by atoms with Crippen molar-refractivity contribution in [2.45, 2.75) is 51.6 Å². The van der Waals surface area contributed by atoms with Crippen LogP contribution in [-0.4, -0.2) is 34.0 Å². The monoisotopic (exact) mass is 345 g/mol. The highest BCUT2D eigenvalue weighted by atomic mass is 32.1. The zero-order valence-corrected chi connectivity index (χ0v) is 15.4. The van der Waals surface area contributed by atoms with Gasteiger partial charge in [-0.05, 0) is 37.9 Å². The van der Waals surface area contributed by atoms with Crippen molar-refractivity contribution >= 4 is 22.8 Å². The maximum absolute atomic E-state index is 5.65. The van der Waals surface area contributed by atoms with Gasteiger partial charge in [0.15, 0.2) is 0 Å². The number of nitrogens with two attached hydrogens (primary N) is 1. The number of thiazole rings is 1. The summed E-state index contributed by atoms with van der Waals surface area (Å²) in [5, 5.41) is 7.06. The standard InChI is InChI=1S/C18H27N5S/c1-13(2)18-22-16(12-24-18)11-23-8-3-4-14(7-9-23)21-15-5-6-17(19)20-10-15/h5-6,10,12-14,21H,3-4,7-9,11H2,1-2H3,(H2,19,20)/t14-/m0/s1. The van der Waals surface area contributed by atoms with E-state index in [2.05, 4.69) is 34.4 Å². The minimum absolute atomic E-state index is 0.502. The summed E-state index contributed by atoms with van der Waals surface area (Å²) in [6.07, 6.45) is 5.36. The van der Waals surface area contributed by atoms with Crippen LogP contribution in [0.1, 0.15) is 49.7 Å². The van der Waals surface area contributed by atoms with E-state index in [-0.39, 0.29) is 0 Å². The number of pyridine rings is 1. The van der Waals surface area contributed by atoms with Crippen molar-refractivity contribution in [3.05, 3.63) is 34.4 Å². The Kier molecular flexibility index (Phi) is 5.68. The molecule has 2 aromatic heterocycles. The summed E-state index contributed by atoms with van der Waals surface area (Å²) in [5.74, 6) is 1.09. The number of aromatic nitrogens is 2. The van der Waals surface area contributed by atoms with E-state index in [1.165, 1.54) is 23.5 Å². The fourth-order valence-corrected chi connectivity index (χ4v) is 3.90. The molecule has 3 heterocycles. The van der Waals surface area contributed by atoms with Gasteiger partial charge in [-0.1, -0.05) is 13.8 Å². The Labute approximate surface area is 148 Å². The van der Waals surface area contributed by atoms with Gasteiger partial charge in [-0.25, -0.2) is 9.97 Å².